The van der Waals surface area contributed by atoms with Crippen LogP contribution in [-0.4, -0.2) is 48.6 Å². The van der Waals surface area contributed by atoms with Gasteiger partial charge in [-0.2, -0.15) is 0 Å². The molecule has 1 amide bonds. The molecule has 2 saturated heterocycles. The number of hydrogen-bond acceptors (Lipinski definition) is 3. The molecule has 0 N–H and O–H groups in total. The lowest BCUT2D eigenvalue weighted by atomic mass is 9.97. The van der Waals surface area contributed by atoms with Gasteiger partial charge in [-0.3, -0.25) is 4.79 Å². The molecule has 6 heteroatoms. The fourth-order valence-corrected chi connectivity index (χ4v) is 4.82. The van der Waals surface area contributed by atoms with Crippen molar-refractivity contribution in [3.05, 3.63) is 0 Å². The van der Waals surface area contributed by atoms with Gasteiger partial charge in [0.05, 0.1) is 17.4 Å². The molecule has 0 aliphatic carbocycles. The first-order valence-corrected chi connectivity index (χ1v) is 8.76. The molecule has 2 fully saturated rings. The third-order valence-electron chi connectivity index (χ3n) is 3.76. The summed E-state index contributed by atoms with van der Waals surface area (Å²) in [7, 11) is -2.96. The van der Waals surface area contributed by atoms with E-state index >= 15 is 0 Å². The Bertz CT molecular complexity index is 409. The molecule has 0 saturated carbocycles. The van der Waals surface area contributed by atoms with Crippen LogP contribution in [0.1, 0.15) is 19.8 Å². The lowest BCUT2D eigenvalue weighted by Gasteiger charge is -2.35. The van der Waals surface area contributed by atoms with E-state index in [9.17, 15) is 13.2 Å². The molecule has 4 nitrogen and oxygen atoms in total. The quantitative estimate of drug-likeness (QED) is 0.678. The summed E-state index contributed by atoms with van der Waals surface area (Å²) in [5.74, 6) is 0.526. The van der Waals surface area contributed by atoms with Crippen molar-refractivity contribution >= 4 is 31.7 Å². The van der Waals surface area contributed by atoms with Gasteiger partial charge >= 0.3 is 0 Å². The van der Waals surface area contributed by atoms with E-state index < -0.39 is 9.84 Å². The number of hydrogen-bond donors (Lipinski definition) is 0. The minimum Gasteiger partial charge on any atom is -0.341 e. The lowest BCUT2D eigenvalue weighted by molar-refractivity contribution is -0.135. The highest BCUT2D eigenvalue weighted by Crippen LogP contribution is 2.27. The topological polar surface area (TPSA) is 54.5 Å². The Kier molecular flexibility index (Phi) is 3.83. The second-order valence-electron chi connectivity index (χ2n) is 5.17. The van der Waals surface area contributed by atoms with Crippen molar-refractivity contribution in [1.29, 1.82) is 0 Å². The normalized spacial score (nSPS) is 37.1. The van der Waals surface area contributed by atoms with Crippen LogP contribution in [0.4, 0.5) is 0 Å². The molecular weight excluding hydrogens is 306 g/mol. The molecule has 0 aromatic rings. The van der Waals surface area contributed by atoms with E-state index in [2.05, 4.69) is 22.9 Å². The standard InChI is InChI=1S/C11H18BrNO3S/c1-8-2-4-13(6-10(8)12)11(14)9-3-5-17(15,16)7-9/h8-10H,2-7H2,1H3. The van der Waals surface area contributed by atoms with E-state index in [0.717, 1.165) is 13.0 Å². The van der Waals surface area contributed by atoms with Crippen LogP contribution in [0.5, 0.6) is 0 Å². The van der Waals surface area contributed by atoms with Crippen molar-refractivity contribution in [2.24, 2.45) is 11.8 Å². The molecule has 2 aliphatic rings. The number of amides is 1. The fourth-order valence-electron chi connectivity index (χ4n) is 2.47. The maximum absolute atomic E-state index is 12.2. The zero-order valence-electron chi connectivity index (χ0n) is 9.93. The van der Waals surface area contributed by atoms with Crippen molar-refractivity contribution < 1.29 is 13.2 Å². The minimum atomic E-state index is -2.96. The van der Waals surface area contributed by atoms with E-state index in [0.29, 0.717) is 23.7 Å². The molecule has 3 unspecified atom stereocenters. The van der Waals surface area contributed by atoms with Gasteiger partial charge in [-0.25, -0.2) is 8.42 Å². The monoisotopic (exact) mass is 323 g/mol. The van der Waals surface area contributed by atoms with Crippen LogP contribution in [0.2, 0.25) is 0 Å². The minimum absolute atomic E-state index is 0.0300. The second-order valence-corrected chi connectivity index (χ2v) is 8.57. The number of nitrogens with zero attached hydrogens (tertiary/aromatic N) is 1. The zero-order valence-corrected chi connectivity index (χ0v) is 12.3. The Morgan fingerprint density at radius 3 is 2.59 bits per heavy atom. The first-order chi connectivity index (χ1) is 7.89. The van der Waals surface area contributed by atoms with Gasteiger partial charge in [0.25, 0.3) is 0 Å². The van der Waals surface area contributed by atoms with E-state index in [1.807, 2.05) is 4.90 Å². The second kappa shape index (κ2) is 4.88. The van der Waals surface area contributed by atoms with Gasteiger partial charge in [-0.15, -0.1) is 0 Å². The van der Waals surface area contributed by atoms with Gasteiger partial charge < -0.3 is 4.90 Å². The van der Waals surface area contributed by atoms with Crippen LogP contribution in [0.15, 0.2) is 0 Å². The SMILES string of the molecule is CC1CCN(C(=O)C2CCS(=O)(=O)C2)CC1Br. The van der Waals surface area contributed by atoms with Crippen molar-refractivity contribution in [3.8, 4) is 0 Å². The molecule has 2 heterocycles. The highest BCUT2D eigenvalue weighted by Gasteiger charge is 2.37. The van der Waals surface area contributed by atoms with Crippen LogP contribution in [0.25, 0.3) is 0 Å². The number of halogens is 1. The Morgan fingerprint density at radius 1 is 1.35 bits per heavy atom. The number of carbonyl (C=O) groups excluding carboxylic acids is 1. The number of carbonyl (C=O) groups is 1. The highest BCUT2D eigenvalue weighted by molar-refractivity contribution is 9.09. The molecular formula is C11H18BrNO3S. The Labute approximate surface area is 111 Å². The number of alkyl halides is 1. The Morgan fingerprint density at radius 2 is 2.06 bits per heavy atom. The molecule has 3 atom stereocenters. The molecule has 98 valence electrons. The van der Waals surface area contributed by atoms with Crippen LogP contribution in [-0.2, 0) is 14.6 Å². The average molecular weight is 324 g/mol. The summed E-state index contributed by atoms with van der Waals surface area (Å²) >= 11 is 3.58. The van der Waals surface area contributed by atoms with Crippen molar-refractivity contribution in [2.45, 2.75) is 24.6 Å². The summed E-state index contributed by atoms with van der Waals surface area (Å²) in [5, 5.41) is 0. The summed E-state index contributed by atoms with van der Waals surface area (Å²) in [6.45, 7) is 3.64. The van der Waals surface area contributed by atoms with Crippen molar-refractivity contribution in [1.82, 2.24) is 4.90 Å². The van der Waals surface area contributed by atoms with Gasteiger partial charge in [-0.05, 0) is 18.8 Å². The summed E-state index contributed by atoms with van der Waals surface area (Å²) in [4.78, 5) is 14.3. The number of sulfone groups is 1. The number of piperidine rings is 1. The van der Waals surface area contributed by atoms with Crippen LogP contribution in [0.3, 0.4) is 0 Å². The first kappa shape index (κ1) is 13.3. The lowest BCUT2D eigenvalue weighted by Crippen LogP contribution is -2.46. The van der Waals surface area contributed by atoms with Gasteiger partial charge in [0.1, 0.15) is 0 Å². The average Bonchev–Trinajstić information content (AvgIpc) is 2.62. The first-order valence-electron chi connectivity index (χ1n) is 6.02. The summed E-state index contributed by atoms with van der Waals surface area (Å²) in [6.07, 6.45) is 1.49. The Balaban J connectivity index is 1.97. The summed E-state index contributed by atoms with van der Waals surface area (Å²) in [6, 6.07) is 0. The maximum atomic E-state index is 12.2. The van der Waals surface area contributed by atoms with Crippen molar-refractivity contribution in [3.63, 3.8) is 0 Å². The number of rotatable bonds is 1. The molecule has 2 rings (SSSR count). The van der Waals surface area contributed by atoms with E-state index in [1.165, 1.54) is 0 Å². The Hall–Kier alpha value is -0.100. The molecule has 0 aromatic heterocycles. The third kappa shape index (κ3) is 3.02. The van der Waals surface area contributed by atoms with Crippen LogP contribution in [0, 0.1) is 11.8 Å². The van der Waals surface area contributed by atoms with Crippen molar-refractivity contribution in [2.75, 3.05) is 24.6 Å². The van der Waals surface area contributed by atoms with Gasteiger partial charge in [0.15, 0.2) is 9.84 Å². The summed E-state index contributed by atoms with van der Waals surface area (Å²) < 4.78 is 22.7. The maximum Gasteiger partial charge on any atom is 0.226 e. The van der Waals surface area contributed by atoms with Gasteiger partial charge in [0, 0.05) is 17.9 Å². The van der Waals surface area contributed by atoms with E-state index in [-0.39, 0.29) is 23.3 Å². The predicted octanol–water partition coefficient (Wildman–Crippen LogP) is 1.05. The molecule has 0 radical (unpaired) electrons. The largest absolute Gasteiger partial charge is 0.341 e. The molecule has 2 aliphatic heterocycles. The highest BCUT2D eigenvalue weighted by atomic mass is 79.9. The number of likely N-dealkylation sites (tertiary alicyclic amines) is 1. The predicted molar refractivity (Wildman–Crippen MR) is 69.8 cm³/mol. The molecule has 17 heavy (non-hydrogen) atoms. The smallest absolute Gasteiger partial charge is 0.226 e. The zero-order chi connectivity index (χ0) is 12.6. The van der Waals surface area contributed by atoms with Gasteiger partial charge in [0.2, 0.25) is 5.91 Å². The molecule has 0 bridgehead atoms. The van der Waals surface area contributed by atoms with Crippen LogP contribution < -0.4 is 0 Å². The van der Waals surface area contributed by atoms with E-state index in [4.69, 9.17) is 0 Å². The molecule has 0 spiro atoms. The third-order valence-corrected chi connectivity index (χ3v) is 6.72. The van der Waals surface area contributed by atoms with E-state index in [1.54, 1.807) is 0 Å². The fraction of sp³-hybridized carbons (Fsp3) is 0.909. The molecule has 0 aromatic carbocycles. The van der Waals surface area contributed by atoms with Crippen LogP contribution >= 0.6 is 15.9 Å². The summed E-state index contributed by atoms with van der Waals surface area (Å²) in [5.41, 5.74) is 0. The van der Waals surface area contributed by atoms with Gasteiger partial charge in [-0.1, -0.05) is 22.9 Å².